The van der Waals surface area contributed by atoms with Crippen molar-refractivity contribution in [2.45, 2.75) is 0 Å². The summed E-state index contributed by atoms with van der Waals surface area (Å²) in [7, 11) is 0. The van der Waals surface area contributed by atoms with Gasteiger partial charge in [-0.15, -0.1) is 0 Å². The molecule has 0 saturated heterocycles. The minimum atomic E-state index is 0.870. The van der Waals surface area contributed by atoms with Gasteiger partial charge < -0.3 is 9.32 Å². The van der Waals surface area contributed by atoms with Gasteiger partial charge in [-0.2, -0.15) is 0 Å². The zero-order valence-electron chi connectivity index (χ0n) is 24.3. The zero-order valence-corrected chi connectivity index (χ0v) is 24.3. The van der Waals surface area contributed by atoms with Gasteiger partial charge in [0.25, 0.3) is 0 Å². The lowest BCUT2D eigenvalue weighted by Crippen LogP contribution is -2.09. The third kappa shape index (κ3) is 4.11. The summed E-state index contributed by atoms with van der Waals surface area (Å²) in [6, 6.07) is 55.2. The molecule has 0 fully saturated rings. The number of nitrogens with zero attached hydrogens (tertiary/aromatic N) is 3. The molecule has 0 amide bonds. The molecular formula is C41H27N3O. The van der Waals surface area contributed by atoms with Crippen LogP contribution in [-0.2, 0) is 0 Å². The predicted molar refractivity (Wildman–Crippen MR) is 186 cm³/mol. The Morgan fingerprint density at radius 1 is 0.533 bits per heavy atom. The van der Waals surface area contributed by atoms with E-state index < -0.39 is 0 Å². The highest BCUT2D eigenvalue weighted by Gasteiger charge is 2.20. The fraction of sp³-hybridized carbons (Fsp3) is 0. The Morgan fingerprint density at radius 2 is 1.13 bits per heavy atom. The fourth-order valence-corrected chi connectivity index (χ4v) is 6.58. The van der Waals surface area contributed by atoms with Gasteiger partial charge in [0.15, 0.2) is 0 Å². The number of hydrogen-bond donors (Lipinski definition) is 0. The second-order valence-corrected chi connectivity index (χ2v) is 11.3. The minimum absolute atomic E-state index is 0.870. The first-order valence-corrected chi connectivity index (χ1v) is 15.1. The number of imidazole rings is 1. The summed E-state index contributed by atoms with van der Waals surface area (Å²) in [6.45, 7) is 0. The number of furan rings is 1. The van der Waals surface area contributed by atoms with Crippen LogP contribution in [0, 0.1) is 0 Å². The SMILES string of the molecule is c1ccc(N(c2ccccc2)c2ccc(-c3cc4c(ncn4-c4ccccc4)c4c3ccc3c5ccccc5oc34)cc2)cc1. The smallest absolute Gasteiger partial charge is 0.145 e. The maximum Gasteiger partial charge on any atom is 0.145 e. The Kier molecular flexibility index (Phi) is 5.78. The molecule has 2 heterocycles. The van der Waals surface area contributed by atoms with Crippen LogP contribution in [0.4, 0.5) is 17.1 Å². The lowest BCUT2D eigenvalue weighted by molar-refractivity contribution is 0.673. The van der Waals surface area contributed by atoms with Gasteiger partial charge in [-0.1, -0.05) is 91.0 Å². The van der Waals surface area contributed by atoms with Crippen molar-refractivity contribution in [2.24, 2.45) is 0 Å². The highest BCUT2D eigenvalue weighted by atomic mass is 16.3. The Hall–Kier alpha value is -6.13. The second-order valence-electron chi connectivity index (χ2n) is 11.3. The third-order valence-corrected chi connectivity index (χ3v) is 8.66. The topological polar surface area (TPSA) is 34.2 Å². The zero-order chi connectivity index (χ0) is 29.7. The van der Waals surface area contributed by atoms with Gasteiger partial charge in [0.05, 0.1) is 10.9 Å². The van der Waals surface area contributed by atoms with Crippen LogP contribution in [0.1, 0.15) is 0 Å². The van der Waals surface area contributed by atoms with Crippen molar-refractivity contribution in [2.75, 3.05) is 4.90 Å². The summed E-state index contributed by atoms with van der Waals surface area (Å²) in [6.07, 6.45) is 1.92. The summed E-state index contributed by atoms with van der Waals surface area (Å²) in [5.74, 6) is 0. The normalized spacial score (nSPS) is 11.6. The van der Waals surface area contributed by atoms with Crippen molar-refractivity contribution in [3.8, 4) is 16.8 Å². The lowest BCUT2D eigenvalue weighted by atomic mass is 9.95. The van der Waals surface area contributed by atoms with E-state index in [0.29, 0.717) is 0 Å². The van der Waals surface area contributed by atoms with E-state index in [1.165, 1.54) is 0 Å². The Balaban J connectivity index is 1.28. The first-order chi connectivity index (χ1) is 22.3. The average molecular weight is 578 g/mol. The summed E-state index contributed by atoms with van der Waals surface area (Å²) < 4.78 is 8.74. The molecule has 0 atom stereocenters. The maximum atomic E-state index is 6.57. The molecule has 0 bridgehead atoms. The molecule has 0 spiro atoms. The van der Waals surface area contributed by atoms with Gasteiger partial charge in [0, 0.05) is 33.5 Å². The Labute approximate surface area is 260 Å². The van der Waals surface area contributed by atoms with Gasteiger partial charge in [-0.3, -0.25) is 4.57 Å². The first-order valence-electron chi connectivity index (χ1n) is 15.1. The monoisotopic (exact) mass is 577 g/mol. The molecule has 45 heavy (non-hydrogen) atoms. The molecule has 0 unspecified atom stereocenters. The molecule has 9 rings (SSSR count). The van der Waals surface area contributed by atoms with Crippen LogP contribution >= 0.6 is 0 Å². The van der Waals surface area contributed by atoms with E-state index in [1.807, 2.05) is 24.5 Å². The molecule has 0 N–H and O–H groups in total. The molecule has 7 aromatic carbocycles. The molecule has 2 aromatic heterocycles. The van der Waals surface area contributed by atoms with E-state index in [1.54, 1.807) is 0 Å². The van der Waals surface area contributed by atoms with E-state index in [-0.39, 0.29) is 0 Å². The standard InChI is InChI=1S/C41H27N3O/c1-4-12-29(13-5-1)43-27-42-40-37(43)26-36(34-24-25-35-33-18-10-11-19-38(33)45-41(35)39(34)40)28-20-22-32(23-21-28)44(30-14-6-2-7-15-30)31-16-8-3-9-17-31/h1-27H. The number of anilines is 3. The van der Waals surface area contributed by atoms with E-state index in [0.717, 1.165) is 77.6 Å². The van der Waals surface area contributed by atoms with Crippen molar-refractivity contribution in [1.82, 2.24) is 9.55 Å². The van der Waals surface area contributed by atoms with Crippen LogP contribution in [0.3, 0.4) is 0 Å². The van der Waals surface area contributed by atoms with Crippen molar-refractivity contribution >= 4 is 60.8 Å². The van der Waals surface area contributed by atoms with Crippen LogP contribution in [0.2, 0.25) is 0 Å². The highest BCUT2D eigenvalue weighted by molar-refractivity contribution is 6.24. The highest BCUT2D eigenvalue weighted by Crippen LogP contribution is 2.43. The maximum absolute atomic E-state index is 6.57. The summed E-state index contributed by atoms with van der Waals surface area (Å²) in [5.41, 5.74) is 10.4. The Bertz CT molecular complexity index is 2420. The number of benzene rings is 7. The number of fused-ring (bicyclic) bond motifs is 7. The van der Waals surface area contributed by atoms with Crippen LogP contribution in [0.5, 0.6) is 0 Å². The van der Waals surface area contributed by atoms with E-state index in [2.05, 4.69) is 149 Å². The largest absolute Gasteiger partial charge is 0.455 e. The quantitative estimate of drug-likeness (QED) is 0.204. The summed E-state index contributed by atoms with van der Waals surface area (Å²) >= 11 is 0. The van der Waals surface area contributed by atoms with Crippen LogP contribution < -0.4 is 4.90 Å². The molecular weight excluding hydrogens is 550 g/mol. The number of rotatable bonds is 5. The molecule has 0 saturated carbocycles. The summed E-state index contributed by atoms with van der Waals surface area (Å²) in [4.78, 5) is 7.26. The number of para-hydroxylation sites is 4. The summed E-state index contributed by atoms with van der Waals surface area (Å²) in [5, 5.41) is 4.36. The molecule has 0 aliphatic rings. The molecule has 4 nitrogen and oxygen atoms in total. The molecule has 212 valence electrons. The van der Waals surface area contributed by atoms with E-state index in [4.69, 9.17) is 9.40 Å². The van der Waals surface area contributed by atoms with Crippen LogP contribution in [0.15, 0.2) is 168 Å². The lowest BCUT2D eigenvalue weighted by Gasteiger charge is -2.25. The van der Waals surface area contributed by atoms with Gasteiger partial charge in [-0.25, -0.2) is 4.98 Å². The minimum Gasteiger partial charge on any atom is -0.455 e. The van der Waals surface area contributed by atoms with E-state index in [9.17, 15) is 0 Å². The van der Waals surface area contributed by atoms with Crippen molar-refractivity contribution < 1.29 is 4.42 Å². The third-order valence-electron chi connectivity index (χ3n) is 8.66. The Morgan fingerprint density at radius 3 is 1.84 bits per heavy atom. The van der Waals surface area contributed by atoms with Crippen molar-refractivity contribution in [1.29, 1.82) is 0 Å². The molecule has 0 radical (unpaired) electrons. The van der Waals surface area contributed by atoms with Crippen LogP contribution in [0.25, 0.3) is 60.6 Å². The molecule has 0 aliphatic carbocycles. The fourth-order valence-electron chi connectivity index (χ4n) is 6.58. The second kappa shape index (κ2) is 10.2. The van der Waals surface area contributed by atoms with Crippen molar-refractivity contribution in [3.05, 3.63) is 164 Å². The van der Waals surface area contributed by atoms with Gasteiger partial charge in [0.1, 0.15) is 23.0 Å². The molecule has 0 aliphatic heterocycles. The predicted octanol–water partition coefficient (Wildman–Crippen LogP) is 11.2. The first kappa shape index (κ1) is 25.4. The van der Waals surface area contributed by atoms with Gasteiger partial charge in [-0.05, 0) is 83.2 Å². The molecule has 9 aromatic rings. The van der Waals surface area contributed by atoms with Crippen LogP contribution in [-0.4, -0.2) is 9.55 Å². The van der Waals surface area contributed by atoms with Crippen molar-refractivity contribution in [3.63, 3.8) is 0 Å². The average Bonchev–Trinajstić information content (AvgIpc) is 3.71. The number of aromatic nitrogens is 2. The van der Waals surface area contributed by atoms with Gasteiger partial charge in [0.2, 0.25) is 0 Å². The van der Waals surface area contributed by atoms with Gasteiger partial charge >= 0.3 is 0 Å². The number of hydrogen-bond acceptors (Lipinski definition) is 3. The van der Waals surface area contributed by atoms with E-state index >= 15 is 0 Å². The molecule has 4 heteroatoms.